The van der Waals surface area contributed by atoms with Gasteiger partial charge in [-0.3, -0.25) is 0 Å². The average molecular weight is 337 g/mol. The minimum atomic E-state index is 0.0532. The highest BCUT2D eigenvalue weighted by molar-refractivity contribution is 5.74. The fourth-order valence-electron chi connectivity index (χ4n) is 3.30. The third-order valence-corrected chi connectivity index (χ3v) is 4.87. The first kappa shape index (κ1) is 17.3. The first-order valence-corrected chi connectivity index (χ1v) is 9.02. The summed E-state index contributed by atoms with van der Waals surface area (Å²) in [6.07, 6.45) is 0.877. The number of piperazine rings is 1. The maximum atomic E-state index is 12.4. The molecule has 2 aromatic carbocycles. The lowest BCUT2D eigenvalue weighted by Gasteiger charge is -2.36. The molecule has 1 aliphatic rings. The molecule has 4 nitrogen and oxygen atoms in total. The van der Waals surface area contributed by atoms with Crippen molar-refractivity contribution in [3.05, 3.63) is 65.2 Å². The van der Waals surface area contributed by atoms with Crippen LogP contribution in [-0.2, 0) is 6.42 Å². The number of nitrogens with zero attached hydrogens (tertiary/aromatic N) is 2. The Morgan fingerprint density at radius 1 is 1.00 bits per heavy atom. The van der Waals surface area contributed by atoms with Crippen molar-refractivity contribution in [2.45, 2.75) is 20.3 Å². The summed E-state index contributed by atoms with van der Waals surface area (Å²) < 4.78 is 0. The summed E-state index contributed by atoms with van der Waals surface area (Å²) in [6, 6.07) is 16.9. The van der Waals surface area contributed by atoms with Gasteiger partial charge in [0.2, 0.25) is 0 Å². The van der Waals surface area contributed by atoms with Gasteiger partial charge in [0.15, 0.2) is 0 Å². The molecule has 0 radical (unpaired) electrons. The van der Waals surface area contributed by atoms with Gasteiger partial charge < -0.3 is 15.1 Å². The fraction of sp³-hybridized carbons (Fsp3) is 0.381. The van der Waals surface area contributed by atoms with E-state index in [2.05, 4.69) is 66.5 Å². The van der Waals surface area contributed by atoms with E-state index in [1.54, 1.807) is 0 Å². The van der Waals surface area contributed by atoms with Crippen molar-refractivity contribution < 1.29 is 4.79 Å². The molecule has 3 rings (SSSR count). The van der Waals surface area contributed by atoms with Gasteiger partial charge in [-0.2, -0.15) is 0 Å². The monoisotopic (exact) mass is 337 g/mol. The molecule has 0 aliphatic carbocycles. The van der Waals surface area contributed by atoms with Crippen molar-refractivity contribution in [1.82, 2.24) is 10.2 Å². The van der Waals surface area contributed by atoms with Crippen molar-refractivity contribution in [1.29, 1.82) is 0 Å². The molecule has 0 atom stereocenters. The zero-order valence-corrected chi connectivity index (χ0v) is 15.2. The standard InChI is InChI=1S/C21H27N3O/c1-17-6-5-9-20(16-17)23-12-14-24(15-13-23)21(25)22-11-10-19-8-4-3-7-18(19)2/h3-9,16H,10-15H2,1-2H3,(H,22,25). The van der Waals surface area contributed by atoms with Crippen molar-refractivity contribution in [2.24, 2.45) is 0 Å². The molecule has 4 heteroatoms. The van der Waals surface area contributed by atoms with E-state index >= 15 is 0 Å². The highest BCUT2D eigenvalue weighted by atomic mass is 16.2. The number of nitrogens with one attached hydrogen (secondary N) is 1. The Labute approximate surface area is 150 Å². The second kappa shape index (κ2) is 8.06. The smallest absolute Gasteiger partial charge is 0.317 e. The highest BCUT2D eigenvalue weighted by Crippen LogP contribution is 2.17. The van der Waals surface area contributed by atoms with Crippen LogP contribution in [0.15, 0.2) is 48.5 Å². The summed E-state index contributed by atoms with van der Waals surface area (Å²) in [6.45, 7) is 8.21. The Morgan fingerprint density at radius 2 is 1.76 bits per heavy atom. The van der Waals surface area contributed by atoms with Crippen LogP contribution >= 0.6 is 0 Å². The van der Waals surface area contributed by atoms with Gasteiger partial charge in [0.25, 0.3) is 0 Å². The van der Waals surface area contributed by atoms with Crippen molar-refractivity contribution >= 4 is 11.7 Å². The van der Waals surface area contributed by atoms with Gasteiger partial charge >= 0.3 is 6.03 Å². The number of carbonyl (C=O) groups excluding carboxylic acids is 1. The normalized spacial score (nSPS) is 14.5. The summed E-state index contributed by atoms with van der Waals surface area (Å²) in [5, 5.41) is 3.06. The number of urea groups is 1. The number of benzene rings is 2. The molecule has 132 valence electrons. The maximum absolute atomic E-state index is 12.4. The van der Waals surface area contributed by atoms with Crippen LogP contribution in [0.5, 0.6) is 0 Å². The quantitative estimate of drug-likeness (QED) is 0.928. The summed E-state index contributed by atoms with van der Waals surface area (Å²) >= 11 is 0. The number of amides is 2. The molecule has 25 heavy (non-hydrogen) atoms. The van der Waals surface area contributed by atoms with Crippen molar-refractivity contribution in [3.63, 3.8) is 0 Å². The molecule has 1 N–H and O–H groups in total. The van der Waals surface area contributed by atoms with E-state index in [-0.39, 0.29) is 6.03 Å². The number of anilines is 1. The van der Waals surface area contributed by atoms with E-state index in [9.17, 15) is 4.79 Å². The van der Waals surface area contributed by atoms with Gasteiger partial charge in [-0.15, -0.1) is 0 Å². The lowest BCUT2D eigenvalue weighted by molar-refractivity contribution is 0.194. The summed E-state index contributed by atoms with van der Waals surface area (Å²) in [4.78, 5) is 16.6. The van der Waals surface area contributed by atoms with E-state index in [4.69, 9.17) is 0 Å². The number of hydrogen-bond acceptors (Lipinski definition) is 2. The topological polar surface area (TPSA) is 35.6 Å². The van der Waals surface area contributed by atoms with Crippen LogP contribution in [0.1, 0.15) is 16.7 Å². The molecule has 1 heterocycles. The Bertz CT molecular complexity index is 721. The minimum Gasteiger partial charge on any atom is -0.368 e. The third-order valence-electron chi connectivity index (χ3n) is 4.87. The van der Waals surface area contributed by atoms with Crippen molar-refractivity contribution in [2.75, 3.05) is 37.6 Å². The third kappa shape index (κ3) is 4.53. The zero-order valence-electron chi connectivity index (χ0n) is 15.2. The molecule has 1 saturated heterocycles. The summed E-state index contributed by atoms with van der Waals surface area (Å²) in [7, 11) is 0. The molecule has 1 fully saturated rings. The van der Waals surface area contributed by atoms with E-state index in [1.165, 1.54) is 22.4 Å². The predicted molar refractivity (Wildman–Crippen MR) is 103 cm³/mol. The molecule has 0 aromatic heterocycles. The van der Waals surface area contributed by atoms with E-state index in [0.29, 0.717) is 6.54 Å². The van der Waals surface area contributed by atoms with E-state index < -0.39 is 0 Å². The van der Waals surface area contributed by atoms with Crippen molar-refractivity contribution in [3.8, 4) is 0 Å². The van der Waals surface area contributed by atoms with Crippen LogP contribution in [-0.4, -0.2) is 43.7 Å². The summed E-state index contributed by atoms with van der Waals surface area (Å²) in [5.74, 6) is 0. The Balaban J connectivity index is 1.45. The first-order valence-electron chi connectivity index (χ1n) is 9.02. The number of rotatable bonds is 4. The van der Waals surface area contributed by atoms with Gasteiger partial charge in [0.05, 0.1) is 0 Å². The summed E-state index contributed by atoms with van der Waals surface area (Å²) in [5.41, 5.74) is 5.10. The van der Waals surface area contributed by atoms with Gasteiger partial charge in [0, 0.05) is 38.4 Å². The average Bonchev–Trinajstić information content (AvgIpc) is 2.63. The van der Waals surface area contributed by atoms with Crippen LogP contribution in [0.25, 0.3) is 0 Å². The molecule has 0 bridgehead atoms. The molecular formula is C21H27N3O. The minimum absolute atomic E-state index is 0.0532. The van der Waals surface area contributed by atoms with Crippen LogP contribution in [0.4, 0.5) is 10.5 Å². The second-order valence-corrected chi connectivity index (χ2v) is 6.72. The number of aryl methyl sites for hydroxylation is 2. The van der Waals surface area contributed by atoms with E-state index in [0.717, 1.165) is 32.6 Å². The first-order chi connectivity index (χ1) is 12.1. The van der Waals surface area contributed by atoms with Gasteiger partial charge in [-0.05, 0) is 49.1 Å². The molecular weight excluding hydrogens is 310 g/mol. The highest BCUT2D eigenvalue weighted by Gasteiger charge is 2.21. The number of carbonyl (C=O) groups is 1. The molecule has 2 amide bonds. The Morgan fingerprint density at radius 3 is 2.48 bits per heavy atom. The SMILES string of the molecule is Cc1cccc(N2CCN(C(=O)NCCc3ccccc3C)CC2)c1. The van der Waals surface area contributed by atoms with E-state index in [1.807, 2.05) is 11.0 Å². The molecule has 0 unspecified atom stereocenters. The molecule has 0 saturated carbocycles. The van der Waals surface area contributed by atoms with Crippen LogP contribution in [0.2, 0.25) is 0 Å². The maximum Gasteiger partial charge on any atom is 0.317 e. The zero-order chi connectivity index (χ0) is 17.6. The van der Waals surface area contributed by atoms with Crippen LogP contribution in [0.3, 0.4) is 0 Å². The lowest BCUT2D eigenvalue weighted by Crippen LogP contribution is -2.52. The van der Waals surface area contributed by atoms with Gasteiger partial charge in [0.1, 0.15) is 0 Å². The van der Waals surface area contributed by atoms with Crippen LogP contribution in [0, 0.1) is 13.8 Å². The van der Waals surface area contributed by atoms with Gasteiger partial charge in [-0.25, -0.2) is 4.79 Å². The molecule has 1 aliphatic heterocycles. The molecule has 2 aromatic rings. The Hall–Kier alpha value is -2.49. The van der Waals surface area contributed by atoms with Crippen LogP contribution < -0.4 is 10.2 Å². The second-order valence-electron chi connectivity index (χ2n) is 6.72. The van der Waals surface area contributed by atoms with Gasteiger partial charge in [-0.1, -0.05) is 36.4 Å². The lowest BCUT2D eigenvalue weighted by atomic mass is 10.1. The molecule has 0 spiro atoms. The largest absolute Gasteiger partial charge is 0.368 e. The Kier molecular flexibility index (Phi) is 5.59. The number of hydrogen-bond donors (Lipinski definition) is 1. The fourth-order valence-corrected chi connectivity index (χ4v) is 3.30. The predicted octanol–water partition coefficient (Wildman–Crippen LogP) is 3.38.